The summed E-state index contributed by atoms with van der Waals surface area (Å²) >= 11 is 0. The number of hydrogen-bond acceptors (Lipinski definition) is 2. The van der Waals surface area contributed by atoms with Crippen LogP contribution >= 0.6 is 0 Å². The Morgan fingerprint density at radius 1 is 0.667 bits per heavy atom. The molecule has 1 atom stereocenters. The summed E-state index contributed by atoms with van der Waals surface area (Å²) in [6, 6.07) is 47.8. The Bertz CT molecular complexity index is 2650. The predicted octanol–water partition coefficient (Wildman–Crippen LogP) is 12.1. The molecule has 10 rings (SSSR count). The van der Waals surface area contributed by atoms with Crippen molar-refractivity contribution in [2.75, 3.05) is 12.4 Å². The van der Waals surface area contributed by atoms with Crippen molar-refractivity contribution in [3.8, 4) is 27.9 Å². The fourth-order valence-electron chi connectivity index (χ4n) is 10.1. The molecular weight excluding hydrogens is 655 g/mol. The molecule has 54 heavy (non-hydrogen) atoms. The highest BCUT2D eigenvalue weighted by atomic mass is 15.0. The molecule has 0 saturated heterocycles. The summed E-state index contributed by atoms with van der Waals surface area (Å²) in [7, 11) is 2.02. The third-order valence-electron chi connectivity index (χ3n) is 12.8. The van der Waals surface area contributed by atoms with Crippen molar-refractivity contribution in [1.29, 1.82) is 0 Å². The maximum atomic E-state index is 4.02. The van der Waals surface area contributed by atoms with E-state index < -0.39 is 0 Å². The Balaban J connectivity index is 1.03. The molecule has 3 nitrogen and oxygen atoms in total. The average Bonchev–Trinajstić information content (AvgIpc) is 3.75. The van der Waals surface area contributed by atoms with E-state index in [1.807, 2.05) is 7.05 Å². The molecule has 0 spiro atoms. The number of para-hydroxylation sites is 1. The molecule has 0 fully saturated rings. The summed E-state index contributed by atoms with van der Waals surface area (Å²) in [6.07, 6.45) is 6.82. The van der Waals surface area contributed by atoms with Gasteiger partial charge in [-0.2, -0.15) is 0 Å². The zero-order chi connectivity index (χ0) is 36.8. The minimum atomic E-state index is -0.0913. The van der Waals surface area contributed by atoms with Crippen LogP contribution in [-0.2, 0) is 23.8 Å². The molecule has 3 aliphatic rings. The molecule has 3 aliphatic carbocycles. The average molecular weight is 702 g/mol. The lowest BCUT2D eigenvalue weighted by Gasteiger charge is -2.26. The van der Waals surface area contributed by atoms with E-state index in [0.717, 1.165) is 25.1 Å². The van der Waals surface area contributed by atoms with Crippen molar-refractivity contribution < 1.29 is 0 Å². The maximum absolute atomic E-state index is 4.02. The standard InChI is InChI=1S/C51H47N3/c1-50(2)42-18-10-6-14-35(42)37-27-24-33(30-44(37)50)48(41-17-8-12-20-45(41)52-5)53-31-32-22-25-34(26-23-32)54-46-21-13-9-16-38(46)40-29-28-39-36-15-7-11-19-43(36)51(3,4)47(39)49(40)54/h6-12,14-20,22-30,48,52-53H,13,21,31H2,1-5H3. The van der Waals surface area contributed by atoms with Gasteiger partial charge in [0.15, 0.2) is 0 Å². The Hall–Kier alpha value is -5.64. The highest BCUT2D eigenvalue weighted by molar-refractivity contribution is 6.02. The van der Waals surface area contributed by atoms with E-state index in [0.29, 0.717) is 0 Å². The third kappa shape index (κ3) is 4.77. The first-order valence-corrected chi connectivity index (χ1v) is 19.6. The molecule has 0 bridgehead atoms. The van der Waals surface area contributed by atoms with Crippen LogP contribution in [0.2, 0.25) is 0 Å². The zero-order valence-electron chi connectivity index (χ0n) is 31.9. The summed E-state index contributed by atoms with van der Waals surface area (Å²) in [5, 5.41) is 8.85. The van der Waals surface area contributed by atoms with E-state index in [1.165, 1.54) is 89.0 Å². The normalized spacial score (nSPS) is 16.0. The van der Waals surface area contributed by atoms with Crippen LogP contribution in [0.4, 0.5) is 5.69 Å². The number of rotatable bonds is 7. The van der Waals surface area contributed by atoms with Crippen LogP contribution in [0.25, 0.3) is 44.9 Å². The summed E-state index contributed by atoms with van der Waals surface area (Å²) in [5.41, 5.74) is 21.3. The third-order valence-corrected chi connectivity index (χ3v) is 12.8. The Kier molecular flexibility index (Phi) is 7.45. The van der Waals surface area contributed by atoms with E-state index >= 15 is 0 Å². The van der Waals surface area contributed by atoms with E-state index in [2.05, 4.69) is 182 Å². The second-order valence-electron chi connectivity index (χ2n) is 16.5. The van der Waals surface area contributed by atoms with E-state index in [1.54, 1.807) is 0 Å². The number of benzene rings is 6. The Morgan fingerprint density at radius 2 is 1.33 bits per heavy atom. The molecule has 266 valence electrons. The quantitative estimate of drug-likeness (QED) is 0.173. The van der Waals surface area contributed by atoms with Crippen LogP contribution in [0.15, 0.2) is 133 Å². The van der Waals surface area contributed by atoms with Gasteiger partial charge in [0.2, 0.25) is 0 Å². The molecule has 1 aromatic heterocycles. The highest BCUT2D eigenvalue weighted by Gasteiger charge is 2.39. The second-order valence-corrected chi connectivity index (χ2v) is 16.5. The maximum Gasteiger partial charge on any atom is 0.0599 e. The van der Waals surface area contributed by atoms with Crippen LogP contribution in [-0.4, -0.2) is 11.6 Å². The number of fused-ring (bicyclic) bond motifs is 10. The topological polar surface area (TPSA) is 29.0 Å². The van der Waals surface area contributed by atoms with Gasteiger partial charge in [-0.25, -0.2) is 0 Å². The summed E-state index contributed by atoms with van der Waals surface area (Å²) in [5.74, 6) is 0. The smallest absolute Gasteiger partial charge is 0.0599 e. The van der Waals surface area contributed by atoms with Crippen LogP contribution in [0, 0.1) is 0 Å². The number of hydrogen-bond donors (Lipinski definition) is 2. The molecule has 0 amide bonds. The summed E-state index contributed by atoms with van der Waals surface area (Å²) < 4.78 is 2.59. The number of allylic oxidation sites excluding steroid dienone is 1. The van der Waals surface area contributed by atoms with Crippen LogP contribution in [0.1, 0.15) is 90.4 Å². The van der Waals surface area contributed by atoms with Gasteiger partial charge < -0.3 is 15.2 Å². The lowest BCUT2D eigenvalue weighted by molar-refractivity contribution is 0.601. The molecule has 3 heteroatoms. The Morgan fingerprint density at radius 3 is 2.11 bits per heavy atom. The molecule has 1 unspecified atom stereocenters. The number of nitrogens with zero attached hydrogens (tertiary/aromatic N) is 1. The first kappa shape index (κ1) is 33.0. The van der Waals surface area contributed by atoms with Crippen molar-refractivity contribution in [2.24, 2.45) is 0 Å². The van der Waals surface area contributed by atoms with Gasteiger partial charge in [-0.15, -0.1) is 0 Å². The highest BCUT2D eigenvalue weighted by Crippen LogP contribution is 2.53. The van der Waals surface area contributed by atoms with Crippen molar-refractivity contribution in [1.82, 2.24) is 9.88 Å². The number of nitrogens with one attached hydrogen (secondary N) is 2. The van der Waals surface area contributed by atoms with Gasteiger partial charge in [-0.3, -0.25) is 0 Å². The zero-order valence-corrected chi connectivity index (χ0v) is 31.9. The van der Waals surface area contributed by atoms with Gasteiger partial charge in [0, 0.05) is 52.4 Å². The molecule has 1 heterocycles. The molecule has 2 N–H and O–H groups in total. The molecular formula is C51H47N3. The van der Waals surface area contributed by atoms with Gasteiger partial charge in [0.05, 0.1) is 11.6 Å². The van der Waals surface area contributed by atoms with E-state index in [9.17, 15) is 0 Å². The monoisotopic (exact) mass is 701 g/mol. The molecule has 7 aromatic rings. The van der Waals surface area contributed by atoms with Crippen LogP contribution < -0.4 is 10.6 Å². The lowest BCUT2D eigenvalue weighted by atomic mass is 9.81. The number of anilines is 1. The van der Waals surface area contributed by atoms with E-state index in [-0.39, 0.29) is 16.9 Å². The largest absolute Gasteiger partial charge is 0.388 e. The fraction of sp³-hybridized carbons (Fsp3) is 0.216. The van der Waals surface area contributed by atoms with Gasteiger partial charge in [-0.05, 0) is 92.2 Å². The Labute approximate surface area is 319 Å². The molecule has 0 radical (unpaired) electrons. The van der Waals surface area contributed by atoms with Gasteiger partial charge in [-0.1, -0.05) is 149 Å². The van der Waals surface area contributed by atoms with Crippen LogP contribution in [0.3, 0.4) is 0 Å². The predicted molar refractivity (Wildman–Crippen MR) is 227 cm³/mol. The minimum absolute atomic E-state index is 0.0109. The van der Waals surface area contributed by atoms with Gasteiger partial charge in [0.25, 0.3) is 0 Å². The molecule has 6 aromatic carbocycles. The van der Waals surface area contributed by atoms with Crippen molar-refractivity contribution in [2.45, 2.75) is 64.0 Å². The summed E-state index contributed by atoms with van der Waals surface area (Å²) in [6.45, 7) is 10.3. The molecule has 0 saturated carbocycles. The fourth-order valence-corrected chi connectivity index (χ4v) is 10.1. The summed E-state index contributed by atoms with van der Waals surface area (Å²) in [4.78, 5) is 0. The van der Waals surface area contributed by atoms with Crippen molar-refractivity contribution in [3.63, 3.8) is 0 Å². The van der Waals surface area contributed by atoms with Gasteiger partial charge >= 0.3 is 0 Å². The van der Waals surface area contributed by atoms with Crippen LogP contribution in [0.5, 0.6) is 0 Å². The number of aromatic nitrogens is 1. The van der Waals surface area contributed by atoms with Gasteiger partial charge in [0.1, 0.15) is 0 Å². The van der Waals surface area contributed by atoms with E-state index in [4.69, 9.17) is 0 Å². The molecule has 0 aliphatic heterocycles. The van der Waals surface area contributed by atoms with Crippen molar-refractivity contribution >= 4 is 22.7 Å². The SMILES string of the molecule is CNc1ccccc1C(NCc1ccc(-n2c3c(c4ccc5c(c42)C(C)(C)c2ccccc2-5)C=CCC3)cc1)c1ccc2c(c1)C(C)(C)c1ccccc1-2. The first-order valence-electron chi connectivity index (χ1n) is 19.6. The minimum Gasteiger partial charge on any atom is -0.388 e. The first-order chi connectivity index (χ1) is 26.3. The second kappa shape index (κ2) is 12.2. The lowest BCUT2D eigenvalue weighted by Crippen LogP contribution is -2.24. The van der Waals surface area contributed by atoms with Crippen molar-refractivity contribution in [3.05, 3.63) is 184 Å².